The third-order valence-electron chi connectivity index (χ3n) is 4.00. The van der Waals surface area contributed by atoms with E-state index in [0.717, 1.165) is 23.7 Å². The molecule has 1 aliphatic carbocycles. The van der Waals surface area contributed by atoms with Crippen molar-refractivity contribution in [3.05, 3.63) is 46.7 Å². The van der Waals surface area contributed by atoms with E-state index in [1.807, 2.05) is 12.1 Å². The van der Waals surface area contributed by atoms with Crippen molar-refractivity contribution >= 4 is 21.8 Å². The van der Waals surface area contributed by atoms with Crippen LogP contribution in [0.3, 0.4) is 0 Å². The molecule has 2 aromatic rings. The van der Waals surface area contributed by atoms with Crippen LogP contribution in [0.5, 0.6) is 0 Å². The monoisotopic (exact) mass is 348 g/mol. The Balaban J connectivity index is 1.65. The molecule has 0 spiro atoms. The summed E-state index contributed by atoms with van der Waals surface area (Å²) in [5, 5.41) is 10.8. The number of aryl methyl sites for hydroxylation is 1. The summed E-state index contributed by atoms with van der Waals surface area (Å²) < 4.78 is 2.72. The van der Waals surface area contributed by atoms with E-state index in [2.05, 4.69) is 43.7 Å². The summed E-state index contributed by atoms with van der Waals surface area (Å²) in [7, 11) is 0. The zero-order chi connectivity index (χ0) is 14.7. The highest BCUT2D eigenvalue weighted by atomic mass is 79.9. The Bertz CT molecular complexity index is 622. The second-order valence-electron chi connectivity index (χ2n) is 5.41. The lowest BCUT2D eigenvalue weighted by Gasteiger charge is -2.43. The second-order valence-corrected chi connectivity index (χ2v) is 6.33. The Kier molecular flexibility index (Phi) is 4.05. The van der Waals surface area contributed by atoms with Crippen LogP contribution in [0.25, 0.3) is 0 Å². The van der Waals surface area contributed by atoms with Gasteiger partial charge in [0.05, 0.1) is 18.3 Å². The van der Waals surface area contributed by atoms with E-state index >= 15 is 0 Å². The molecule has 0 atom stereocenters. The highest BCUT2D eigenvalue weighted by molar-refractivity contribution is 9.10. The van der Waals surface area contributed by atoms with E-state index < -0.39 is 0 Å². The predicted molar refractivity (Wildman–Crippen MR) is 82.5 cm³/mol. The van der Waals surface area contributed by atoms with Crippen molar-refractivity contribution in [2.75, 3.05) is 0 Å². The van der Waals surface area contributed by atoms with Crippen molar-refractivity contribution in [1.29, 1.82) is 0 Å². The van der Waals surface area contributed by atoms with E-state index in [9.17, 15) is 4.79 Å². The number of nitrogens with zero attached hydrogens (tertiary/aromatic N) is 3. The molecule has 1 amide bonds. The Morgan fingerprint density at radius 2 is 2.29 bits per heavy atom. The van der Waals surface area contributed by atoms with Gasteiger partial charge in [-0.25, -0.2) is 0 Å². The van der Waals surface area contributed by atoms with Gasteiger partial charge in [0.1, 0.15) is 0 Å². The molecule has 0 aliphatic heterocycles. The molecule has 1 aromatic heterocycles. The minimum atomic E-state index is -0.191. The zero-order valence-corrected chi connectivity index (χ0v) is 13.2. The molecule has 0 unspecified atom stereocenters. The fourth-order valence-corrected chi connectivity index (χ4v) is 3.10. The van der Waals surface area contributed by atoms with E-state index in [0.29, 0.717) is 13.0 Å². The standard InChI is InChI=1S/C15H17BrN4O/c16-13-4-1-3-12(11-13)15(6-2-7-15)18-14(21)5-9-20-10-8-17-19-20/h1,3-4,8,10-11H,2,5-7,9H2,(H,18,21). The Hall–Kier alpha value is -1.69. The van der Waals surface area contributed by atoms with Gasteiger partial charge in [-0.05, 0) is 37.0 Å². The summed E-state index contributed by atoms with van der Waals surface area (Å²) in [5.74, 6) is 0.0603. The van der Waals surface area contributed by atoms with Gasteiger partial charge in [0.25, 0.3) is 0 Å². The lowest BCUT2D eigenvalue weighted by Crippen LogP contribution is -2.50. The Labute approximate surface area is 131 Å². The molecule has 0 radical (unpaired) electrons. The molecule has 0 saturated heterocycles. The second kappa shape index (κ2) is 5.97. The summed E-state index contributed by atoms with van der Waals surface area (Å²) in [6.07, 6.45) is 6.94. The number of carbonyl (C=O) groups excluding carboxylic acids is 1. The molecule has 6 heteroatoms. The average Bonchev–Trinajstić information content (AvgIpc) is 2.94. The van der Waals surface area contributed by atoms with Crippen LogP contribution in [0.2, 0.25) is 0 Å². The van der Waals surface area contributed by atoms with Gasteiger partial charge in [0.15, 0.2) is 0 Å². The van der Waals surface area contributed by atoms with Gasteiger partial charge in [-0.1, -0.05) is 33.3 Å². The van der Waals surface area contributed by atoms with Crippen molar-refractivity contribution in [3.8, 4) is 0 Å². The van der Waals surface area contributed by atoms with Gasteiger partial charge in [-0.15, -0.1) is 5.10 Å². The van der Waals surface area contributed by atoms with Crippen molar-refractivity contribution in [3.63, 3.8) is 0 Å². The summed E-state index contributed by atoms with van der Waals surface area (Å²) >= 11 is 3.50. The minimum absolute atomic E-state index is 0.0603. The van der Waals surface area contributed by atoms with Gasteiger partial charge in [0.2, 0.25) is 5.91 Å². The van der Waals surface area contributed by atoms with Crippen LogP contribution in [0.4, 0.5) is 0 Å². The molecule has 1 aliphatic rings. The van der Waals surface area contributed by atoms with Crippen LogP contribution in [0.15, 0.2) is 41.1 Å². The largest absolute Gasteiger partial charge is 0.347 e. The molecule has 21 heavy (non-hydrogen) atoms. The summed E-state index contributed by atoms with van der Waals surface area (Å²) in [6, 6.07) is 8.20. The number of rotatable bonds is 5. The van der Waals surface area contributed by atoms with Gasteiger partial charge in [0, 0.05) is 17.1 Å². The van der Waals surface area contributed by atoms with Crippen LogP contribution in [-0.4, -0.2) is 20.9 Å². The molecular weight excluding hydrogens is 332 g/mol. The first-order chi connectivity index (χ1) is 10.2. The maximum atomic E-state index is 12.2. The number of halogens is 1. The number of hydrogen-bond donors (Lipinski definition) is 1. The Morgan fingerprint density at radius 3 is 2.90 bits per heavy atom. The molecule has 1 saturated carbocycles. The first-order valence-electron chi connectivity index (χ1n) is 7.09. The molecule has 1 aromatic carbocycles. The summed E-state index contributed by atoms with van der Waals surface area (Å²) in [5.41, 5.74) is 0.987. The summed E-state index contributed by atoms with van der Waals surface area (Å²) in [4.78, 5) is 12.2. The highest BCUT2D eigenvalue weighted by Crippen LogP contribution is 2.41. The van der Waals surface area contributed by atoms with Gasteiger partial charge in [-0.3, -0.25) is 9.48 Å². The van der Waals surface area contributed by atoms with Crippen LogP contribution < -0.4 is 5.32 Å². The number of aromatic nitrogens is 3. The minimum Gasteiger partial charge on any atom is -0.347 e. The maximum absolute atomic E-state index is 12.2. The zero-order valence-electron chi connectivity index (χ0n) is 11.6. The van der Waals surface area contributed by atoms with E-state index in [1.165, 1.54) is 5.56 Å². The molecule has 110 valence electrons. The molecular formula is C15H17BrN4O. The molecule has 1 fully saturated rings. The molecule has 3 rings (SSSR count). The third kappa shape index (κ3) is 3.15. The maximum Gasteiger partial charge on any atom is 0.222 e. The highest BCUT2D eigenvalue weighted by Gasteiger charge is 2.39. The van der Waals surface area contributed by atoms with Crippen molar-refractivity contribution < 1.29 is 4.79 Å². The van der Waals surface area contributed by atoms with Crippen LogP contribution >= 0.6 is 15.9 Å². The fourth-order valence-electron chi connectivity index (χ4n) is 2.70. The van der Waals surface area contributed by atoms with Crippen molar-refractivity contribution in [2.45, 2.75) is 37.8 Å². The normalized spacial score (nSPS) is 16.2. The SMILES string of the molecule is O=C(CCn1ccnn1)NC1(c2cccc(Br)c2)CCC1. The smallest absolute Gasteiger partial charge is 0.222 e. The first kappa shape index (κ1) is 14.3. The molecule has 0 bridgehead atoms. The molecule has 1 heterocycles. The van der Waals surface area contributed by atoms with Gasteiger partial charge < -0.3 is 5.32 Å². The number of benzene rings is 1. The Morgan fingerprint density at radius 1 is 1.43 bits per heavy atom. The fraction of sp³-hybridized carbons (Fsp3) is 0.400. The lowest BCUT2D eigenvalue weighted by molar-refractivity contribution is -0.124. The number of nitrogens with one attached hydrogen (secondary N) is 1. The van der Waals surface area contributed by atoms with Gasteiger partial charge >= 0.3 is 0 Å². The predicted octanol–water partition coefficient (Wildman–Crippen LogP) is 2.63. The first-order valence-corrected chi connectivity index (χ1v) is 7.88. The van der Waals surface area contributed by atoms with E-state index in [4.69, 9.17) is 0 Å². The summed E-state index contributed by atoms with van der Waals surface area (Å²) in [6.45, 7) is 0.556. The lowest BCUT2D eigenvalue weighted by atomic mass is 9.71. The topological polar surface area (TPSA) is 59.8 Å². The van der Waals surface area contributed by atoms with Crippen LogP contribution in [-0.2, 0) is 16.9 Å². The number of hydrogen-bond acceptors (Lipinski definition) is 3. The van der Waals surface area contributed by atoms with Crippen molar-refractivity contribution in [1.82, 2.24) is 20.3 Å². The quantitative estimate of drug-likeness (QED) is 0.903. The van der Waals surface area contributed by atoms with Gasteiger partial charge in [-0.2, -0.15) is 0 Å². The number of carbonyl (C=O) groups is 1. The third-order valence-corrected chi connectivity index (χ3v) is 4.50. The average molecular weight is 349 g/mol. The van der Waals surface area contributed by atoms with Crippen LogP contribution in [0.1, 0.15) is 31.2 Å². The van der Waals surface area contributed by atoms with E-state index in [1.54, 1.807) is 17.1 Å². The number of amides is 1. The molecule has 5 nitrogen and oxygen atoms in total. The van der Waals surface area contributed by atoms with E-state index in [-0.39, 0.29) is 11.4 Å². The van der Waals surface area contributed by atoms with Crippen molar-refractivity contribution in [2.24, 2.45) is 0 Å². The molecule has 1 N–H and O–H groups in total. The van der Waals surface area contributed by atoms with Crippen LogP contribution in [0, 0.1) is 0 Å².